The van der Waals surface area contributed by atoms with Crippen molar-refractivity contribution in [3.63, 3.8) is 0 Å². The Morgan fingerprint density at radius 2 is 1.71 bits per heavy atom. The lowest BCUT2D eigenvalue weighted by atomic mass is 10.0. The summed E-state index contributed by atoms with van der Waals surface area (Å²) < 4.78 is 0. The molecule has 0 bridgehead atoms. The summed E-state index contributed by atoms with van der Waals surface area (Å²) in [5.74, 6) is 0. The number of benzene rings is 2. The molecule has 0 radical (unpaired) electrons. The minimum atomic E-state index is -0.392. The molecule has 2 aromatic carbocycles. The standard InChI is InChI=1S/C25H21N5O2S2/c1-16-5-14-22(27-16)24-23(21-4-2-3-15-26-21)28-25(33)29(24)17-6-10-19(11-7-17)34-20-12-8-18(9-13-20)30(31)32/h2-15,23-24,27H,1H3,(H,28,33). The number of anilines is 1. The first-order valence-electron chi connectivity index (χ1n) is 10.7. The van der Waals surface area contributed by atoms with Crippen molar-refractivity contribution >= 4 is 40.5 Å². The number of H-pyrrole nitrogens is 1. The van der Waals surface area contributed by atoms with Crippen molar-refractivity contribution in [2.45, 2.75) is 28.8 Å². The first-order valence-corrected chi connectivity index (χ1v) is 11.9. The lowest BCUT2D eigenvalue weighted by molar-refractivity contribution is -0.384. The summed E-state index contributed by atoms with van der Waals surface area (Å²) in [4.78, 5) is 22.6. The second-order valence-corrected chi connectivity index (χ2v) is 9.47. The molecule has 2 N–H and O–H groups in total. The Hall–Kier alpha value is -3.69. The minimum Gasteiger partial charge on any atom is -0.361 e. The fourth-order valence-corrected chi connectivity index (χ4v) is 5.26. The number of thiocarbonyl (C=S) groups is 1. The zero-order chi connectivity index (χ0) is 23.7. The van der Waals surface area contributed by atoms with E-state index in [1.165, 1.54) is 12.1 Å². The summed E-state index contributed by atoms with van der Waals surface area (Å²) in [6.07, 6.45) is 1.80. The summed E-state index contributed by atoms with van der Waals surface area (Å²) in [5, 5.41) is 15.0. The van der Waals surface area contributed by atoms with E-state index in [-0.39, 0.29) is 17.8 Å². The van der Waals surface area contributed by atoms with Gasteiger partial charge in [-0.1, -0.05) is 17.8 Å². The van der Waals surface area contributed by atoms with Gasteiger partial charge in [-0.3, -0.25) is 15.1 Å². The van der Waals surface area contributed by atoms with E-state index in [1.807, 2.05) is 49.4 Å². The van der Waals surface area contributed by atoms with E-state index < -0.39 is 4.92 Å². The Morgan fingerprint density at radius 1 is 1.00 bits per heavy atom. The summed E-state index contributed by atoms with van der Waals surface area (Å²) in [5.41, 5.74) is 4.13. The highest BCUT2D eigenvalue weighted by molar-refractivity contribution is 7.99. The zero-order valence-corrected chi connectivity index (χ0v) is 19.8. The highest BCUT2D eigenvalue weighted by Crippen LogP contribution is 2.41. The van der Waals surface area contributed by atoms with E-state index in [1.54, 1.807) is 30.1 Å². The molecule has 2 atom stereocenters. The first-order chi connectivity index (χ1) is 16.5. The maximum absolute atomic E-state index is 10.9. The van der Waals surface area contributed by atoms with Crippen LogP contribution in [0.3, 0.4) is 0 Å². The fourth-order valence-electron chi connectivity index (χ4n) is 4.09. The van der Waals surface area contributed by atoms with Crippen LogP contribution < -0.4 is 10.2 Å². The van der Waals surface area contributed by atoms with E-state index in [0.29, 0.717) is 5.11 Å². The average molecular weight is 488 g/mol. The monoisotopic (exact) mass is 487 g/mol. The van der Waals surface area contributed by atoms with Gasteiger partial charge >= 0.3 is 0 Å². The molecule has 3 heterocycles. The van der Waals surface area contributed by atoms with Gasteiger partial charge in [-0.2, -0.15) is 0 Å². The number of aromatic amines is 1. The van der Waals surface area contributed by atoms with Crippen LogP contribution in [0.5, 0.6) is 0 Å². The van der Waals surface area contributed by atoms with Gasteiger partial charge in [0.05, 0.1) is 16.7 Å². The minimum absolute atomic E-state index is 0.0794. The third-order valence-corrected chi connectivity index (χ3v) is 7.00. The van der Waals surface area contributed by atoms with Crippen molar-refractivity contribution in [1.29, 1.82) is 0 Å². The highest BCUT2D eigenvalue weighted by Gasteiger charge is 2.41. The third kappa shape index (κ3) is 4.40. The third-order valence-electron chi connectivity index (χ3n) is 5.67. The number of hydrogen-bond acceptors (Lipinski definition) is 5. The van der Waals surface area contributed by atoms with Gasteiger partial charge < -0.3 is 15.2 Å². The highest BCUT2D eigenvalue weighted by atomic mass is 32.2. The van der Waals surface area contributed by atoms with Gasteiger partial charge in [0.25, 0.3) is 5.69 Å². The van der Waals surface area contributed by atoms with Crippen LogP contribution in [0, 0.1) is 17.0 Å². The van der Waals surface area contributed by atoms with Crippen LogP contribution in [0.4, 0.5) is 11.4 Å². The topological polar surface area (TPSA) is 87.1 Å². The number of nitro benzene ring substituents is 1. The van der Waals surface area contributed by atoms with Crippen molar-refractivity contribution in [3.8, 4) is 0 Å². The number of rotatable bonds is 6. The number of non-ortho nitro benzene ring substituents is 1. The van der Waals surface area contributed by atoms with Crippen molar-refractivity contribution in [2.75, 3.05) is 4.90 Å². The molecule has 7 nitrogen and oxygen atoms in total. The largest absolute Gasteiger partial charge is 0.361 e. The van der Waals surface area contributed by atoms with Crippen LogP contribution in [0.2, 0.25) is 0 Å². The number of aryl methyl sites for hydroxylation is 1. The molecule has 170 valence electrons. The second kappa shape index (κ2) is 9.28. The number of nitrogens with zero attached hydrogens (tertiary/aromatic N) is 3. The molecule has 2 unspecified atom stereocenters. The average Bonchev–Trinajstić information content (AvgIpc) is 3.43. The van der Waals surface area contributed by atoms with E-state index in [9.17, 15) is 10.1 Å². The van der Waals surface area contributed by atoms with E-state index in [0.717, 1.165) is 32.6 Å². The molecular weight excluding hydrogens is 466 g/mol. The van der Waals surface area contributed by atoms with Gasteiger partial charge in [0.1, 0.15) is 6.04 Å². The van der Waals surface area contributed by atoms with Crippen molar-refractivity contribution in [3.05, 3.63) is 112 Å². The molecule has 1 aliphatic heterocycles. The molecule has 2 aromatic heterocycles. The lowest BCUT2D eigenvalue weighted by Gasteiger charge is -2.27. The van der Waals surface area contributed by atoms with Gasteiger partial charge in [0.15, 0.2) is 5.11 Å². The smallest absolute Gasteiger partial charge is 0.269 e. The molecule has 1 saturated heterocycles. The lowest BCUT2D eigenvalue weighted by Crippen LogP contribution is -2.29. The van der Waals surface area contributed by atoms with Crippen LogP contribution in [0.1, 0.15) is 29.2 Å². The molecule has 34 heavy (non-hydrogen) atoms. The van der Waals surface area contributed by atoms with Crippen LogP contribution in [0.15, 0.2) is 94.9 Å². The van der Waals surface area contributed by atoms with Gasteiger partial charge in [-0.15, -0.1) is 0 Å². The molecule has 1 fully saturated rings. The maximum Gasteiger partial charge on any atom is 0.269 e. The number of pyridine rings is 1. The Balaban J connectivity index is 1.43. The Morgan fingerprint density at radius 3 is 2.29 bits per heavy atom. The molecule has 1 aliphatic rings. The zero-order valence-electron chi connectivity index (χ0n) is 18.2. The van der Waals surface area contributed by atoms with Crippen LogP contribution >= 0.6 is 24.0 Å². The summed E-state index contributed by atoms with van der Waals surface area (Å²) >= 11 is 7.32. The molecule has 0 aliphatic carbocycles. The van der Waals surface area contributed by atoms with Gasteiger partial charge in [0.2, 0.25) is 0 Å². The van der Waals surface area contributed by atoms with Crippen molar-refractivity contribution in [1.82, 2.24) is 15.3 Å². The normalized spacial score (nSPS) is 17.6. The van der Waals surface area contributed by atoms with Crippen molar-refractivity contribution in [2.24, 2.45) is 0 Å². The molecule has 0 amide bonds. The molecule has 0 spiro atoms. The Bertz CT molecular complexity index is 1320. The maximum atomic E-state index is 10.9. The Labute approximate surface area is 206 Å². The molecule has 9 heteroatoms. The van der Waals surface area contributed by atoms with Crippen LogP contribution in [-0.2, 0) is 0 Å². The van der Waals surface area contributed by atoms with E-state index in [4.69, 9.17) is 12.2 Å². The number of nitrogens with one attached hydrogen (secondary N) is 2. The van der Waals surface area contributed by atoms with E-state index >= 15 is 0 Å². The number of aromatic nitrogens is 2. The van der Waals surface area contributed by atoms with Gasteiger partial charge in [-0.25, -0.2) is 0 Å². The van der Waals surface area contributed by atoms with Crippen LogP contribution in [-0.4, -0.2) is 20.0 Å². The Kier molecular flexibility index (Phi) is 6.04. The molecule has 4 aromatic rings. The quantitative estimate of drug-likeness (QED) is 0.197. The van der Waals surface area contributed by atoms with Gasteiger partial charge in [0, 0.05) is 45.2 Å². The van der Waals surface area contributed by atoms with Crippen LogP contribution in [0.25, 0.3) is 0 Å². The van der Waals surface area contributed by atoms with Gasteiger partial charge in [-0.05, 0) is 79.8 Å². The second-order valence-electron chi connectivity index (χ2n) is 7.94. The SMILES string of the molecule is Cc1ccc(C2C(c3ccccn3)NC(=S)N2c2ccc(Sc3ccc([N+](=O)[O-])cc3)cc2)[nH]1. The molecule has 0 saturated carbocycles. The number of nitro groups is 1. The predicted molar refractivity (Wildman–Crippen MR) is 137 cm³/mol. The summed E-state index contributed by atoms with van der Waals surface area (Å²) in [6.45, 7) is 2.04. The summed E-state index contributed by atoms with van der Waals surface area (Å²) in [6, 6.07) is 24.6. The molecular formula is C25H21N5O2S2. The predicted octanol–water partition coefficient (Wildman–Crippen LogP) is 5.95. The van der Waals surface area contributed by atoms with Crippen molar-refractivity contribution < 1.29 is 4.92 Å². The van der Waals surface area contributed by atoms with E-state index in [2.05, 4.69) is 32.3 Å². The first kappa shape index (κ1) is 22.1. The fraction of sp³-hybridized carbons (Fsp3) is 0.120. The number of hydrogen-bond donors (Lipinski definition) is 2. The molecule has 5 rings (SSSR count). The summed E-state index contributed by atoms with van der Waals surface area (Å²) in [7, 11) is 0.